The zero-order valence-corrected chi connectivity index (χ0v) is 11.1. The summed E-state index contributed by atoms with van der Waals surface area (Å²) in [4.78, 5) is 24.8. The van der Waals surface area contributed by atoms with Crippen molar-refractivity contribution in [2.75, 3.05) is 6.54 Å². The zero-order valence-electron chi connectivity index (χ0n) is 11.1. The summed E-state index contributed by atoms with van der Waals surface area (Å²) in [6.45, 7) is 2.09. The third kappa shape index (κ3) is 3.24. The topological polar surface area (TPSA) is 57.6 Å². The molecule has 0 aromatic carbocycles. The Morgan fingerprint density at radius 3 is 2.17 bits per heavy atom. The van der Waals surface area contributed by atoms with Gasteiger partial charge in [0.25, 0.3) is 0 Å². The highest BCUT2D eigenvalue weighted by atomic mass is 16.4. The second-order valence-corrected chi connectivity index (χ2v) is 5.72. The summed E-state index contributed by atoms with van der Waals surface area (Å²) in [5.41, 5.74) is 0. The van der Waals surface area contributed by atoms with E-state index in [-0.39, 0.29) is 24.4 Å². The van der Waals surface area contributed by atoms with Gasteiger partial charge in [0.1, 0.15) is 6.54 Å². The van der Waals surface area contributed by atoms with Gasteiger partial charge in [0.05, 0.1) is 0 Å². The van der Waals surface area contributed by atoms with Gasteiger partial charge in [-0.15, -0.1) is 0 Å². The minimum absolute atomic E-state index is 0.0766. The normalized spacial score (nSPS) is 27.8. The van der Waals surface area contributed by atoms with E-state index in [4.69, 9.17) is 5.11 Å². The molecule has 102 valence electrons. The molecule has 0 aromatic heterocycles. The standard InChI is InChI=1S/C14H23NO3/c1-2-10-3-5-11(6-4-10)14(18)15(9-13(16)17)12-7-8-12/h10-12H,2-9H2,1H3,(H,16,17). The van der Waals surface area contributed by atoms with Crippen LogP contribution in [-0.2, 0) is 9.59 Å². The molecule has 0 aliphatic heterocycles. The Morgan fingerprint density at radius 2 is 1.72 bits per heavy atom. The van der Waals surface area contributed by atoms with Crippen LogP contribution in [-0.4, -0.2) is 34.5 Å². The van der Waals surface area contributed by atoms with Crippen LogP contribution in [0.4, 0.5) is 0 Å². The van der Waals surface area contributed by atoms with E-state index in [0.717, 1.165) is 44.4 Å². The van der Waals surface area contributed by atoms with Gasteiger partial charge in [-0.05, 0) is 44.4 Å². The lowest BCUT2D eigenvalue weighted by atomic mass is 9.80. The molecule has 0 aromatic rings. The molecule has 2 rings (SSSR count). The molecule has 0 saturated heterocycles. The van der Waals surface area contributed by atoms with Crippen LogP contribution in [0.5, 0.6) is 0 Å². The molecule has 0 heterocycles. The molecule has 4 nitrogen and oxygen atoms in total. The molecule has 0 radical (unpaired) electrons. The molecule has 4 heteroatoms. The fourth-order valence-corrected chi connectivity index (χ4v) is 2.97. The minimum Gasteiger partial charge on any atom is -0.480 e. The summed E-state index contributed by atoms with van der Waals surface area (Å²) < 4.78 is 0. The van der Waals surface area contributed by atoms with E-state index < -0.39 is 5.97 Å². The van der Waals surface area contributed by atoms with E-state index >= 15 is 0 Å². The third-order valence-corrected chi connectivity index (χ3v) is 4.35. The third-order valence-electron chi connectivity index (χ3n) is 4.35. The molecule has 2 saturated carbocycles. The van der Waals surface area contributed by atoms with Crippen LogP contribution in [0.3, 0.4) is 0 Å². The maximum atomic E-state index is 12.4. The average Bonchev–Trinajstić information content (AvgIpc) is 3.19. The van der Waals surface area contributed by atoms with Crippen molar-refractivity contribution in [1.82, 2.24) is 4.90 Å². The van der Waals surface area contributed by atoms with Crippen molar-refractivity contribution in [1.29, 1.82) is 0 Å². The van der Waals surface area contributed by atoms with Crippen LogP contribution in [0, 0.1) is 11.8 Å². The van der Waals surface area contributed by atoms with Gasteiger partial charge in [-0.1, -0.05) is 13.3 Å². The number of hydrogen-bond donors (Lipinski definition) is 1. The second kappa shape index (κ2) is 5.72. The Hall–Kier alpha value is -1.06. The number of carbonyl (C=O) groups is 2. The quantitative estimate of drug-likeness (QED) is 0.817. The van der Waals surface area contributed by atoms with E-state index in [2.05, 4.69) is 6.92 Å². The van der Waals surface area contributed by atoms with Crippen LogP contribution in [0.2, 0.25) is 0 Å². The first kappa shape index (κ1) is 13.4. The summed E-state index contributed by atoms with van der Waals surface area (Å²) >= 11 is 0. The van der Waals surface area contributed by atoms with Crippen molar-refractivity contribution in [3.63, 3.8) is 0 Å². The molecular weight excluding hydrogens is 230 g/mol. The molecular formula is C14H23NO3. The highest BCUT2D eigenvalue weighted by Crippen LogP contribution is 2.34. The number of carboxylic acids is 1. The van der Waals surface area contributed by atoms with Gasteiger partial charge in [-0.2, -0.15) is 0 Å². The lowest BCUT2D eigenvalue weighted by molar-refractivity contribution is -0.147. The number of nitrogens with zero attached hydrogens (tertiary/aromatic N) is 1. The molecule has 0 bridgehead atoms. The van der Waals surface area contributed by atoms with Crippen LogP contribution >= 0.6 is 0 Å². The number of hydrogen-bond acceptors (Lipinski definition) is 2. The molecule has 0 atom stereocenters. The Balaban J connectivity index is 1.90. The van der Waals surface area contributed by atoms with E-state index in [9.17, 15) is 9.59 Å². The second-order valence-electron chi connectivity index (χ2n) is 5.72. The number of amides is 1. The molecule has 1 N–H and O–H groups in total. The SMILES string of the molecule is CCC1CCC(C(=O)N(CC(=O)O)C2CC2)CC1. The maximum Gasteiger partial charge on any atom is 0.323 e. The fraction of sp³-hybridized carbons (Fsp3) is 0.857. The summed E-state index contributed by atoms with van der Waals surface area (Å²) in [6, 6.07) is 0.206. The van der Waals surface area contributed by atoms with E-state index in [0.29, 0.717) is 0 Å². The Bertz CT molecular complexity index is 317. The fourth-order valence-electron chi connectivity index (χ4n) is 2.97. The summed E-state index contributed by atoms with van der Waals surface area (Å²) in [5, 5.41) is 8.89. The Morgan fingerprint density at radius 1 is 1.11 bits per heavy atom. The van der Waals surface area contributed by atoms with Crippen molar-refractivity contribution in [3.8, 4) is 0 Å². The first-order valence-corrected chi connectivity index (χ1v) is 7.14. The number of rotatable bonds is 5. The van der Waals surface area contributed by atoms with Gasteiger partial charge in [0, 0.05) is 12.0 Å². The predicted octanol–water partition coefficient (Wildman–Crippen LogP) is 2.28. The van der Waals surface area contributed by atoms with Crippen LogP contribution < -0.4 is 0 Å². The molecule has 0 spiro atoms. The van der Waals surface area contributed by atoms with Gasteiger partial charge in [0.2, 0.25) is 5.91 Å². The number of aliphatic carboxylic acids is 1. The minimum atomic E-state index is -0.891. The van der Waals surface area contributed by atoms with E-state index in [1.54, 1.807) is 4.90 Å². The summed E-state index contributed by atoms with van der Waals surface area (Å²) in [6.07, 6.45) is 7.28. The van der Waals surface area contributed by atoms with Gasteiger partial charge >= 0.3 is 5.97 Å². The zero-order chi connectivity index (χ0) is 13.1. The Labute approximate surface area is 108 Å². The molecule has 2 fully saturated rings. The molecule has 1 amide bonds. The highest BCUT2D eigenvalue weighted by molar-refractivity contribution is 5.83. The molecule has 2 aliphatic rings. The lowest BCUT2D eigenvalue weighted by Gasteiger charge is -2.31. The monoisotopic (exact) mass is 253 g/mol. The first-order chi connectivity index (χ1) is 8.61. The highest BCUT2D eigenvalue weighted by Gasteiger charge is 2.37. The molecule has 2 aliphatic carbocycles. The predicted molar refractivity (Wildman–Crippen MR) is 68.1 cm³/mol. The number of carboxylic acid groups (broad SMARTS) is 1. The van der Waals surface area contributed by atoms with Crippen LogP contribution in [0.1, 0.15) is 51.9 Å². The van der Waals surface area contributed by atoms with Gasteiger partial charge in [0.15, 0.2) is 0 Å². The van der Waals surface area contributed by atoms with Crippen LogP contribution in [0.15, 0.2) is 0 Å². The molecule has 0 unspecified atom stereocenters. The van der Waals surface area contributed by atoms with Gasteiger partial charge < -0.3 is 10.0 Å². The number of carbonyl (C=O) groups excluding carboxylic acids is 1. The van der Waals surface area contributed by atoms with Gasteiger partial charge in [-0.25, -0.2) is 0 Å². The summed E-state index contributed by atoms with van der Waals surface area (Å²) in [7, 11) is 0. The van der Waals surface area contributed by atoms with Crippen molar-refractivity contribution >= 4 is 11.9 Å². The lowest BCUT2D eigenvalue weighted by Crippen LogP contribution is -2.42. The van der Waals surface area contributed by atoms with Crippen molar-refractivity contribution in [2.24, 2.45) is 11.8 Å². The van der Waals surface area contributed by atoms with Gasteiger partial charge in [-0.3, -0.25) is 9.59 Å². The van der Waals surface area contributed by atoms with Crippen molar-refractivity contribution in [3.05, 3.63) is 0 Å². The smallest absolute Gasteiger partial charge is 0.323 e. The average molecular weight is 253 g/mol. The van der Waals surface area contributed by atoms with Crippen molar-refractivity contribution in [2.45, 2.75) is 57.9 Å². The van der Waals surface area contributed by atoms with Crippen molar-refractivity contribution < 1.29 is 14.7 Å². The summed E-state index contributed by atoms with van der Waals surface area (Å²) in [5.74, 6) is 0.0441. The Kier molecular flexibility index (Phi) is 4.25. The molecule has 18 heavy (non-hydrogen) atoms. The largest absolute Gasteiger partial charge is 0.480 e. The first-order valence-electron chi connectivity index (χ1n) is 7.14. The van der Waals surface area contributed by atoms with Crippen LogP contribution in [0.25, 0.3) is 0 Å². The maximum absolute atomic E-state index is 12.4. The van der Waals surface area contributed by atoms with E-state index in [1.807, 2.05) is 0 Å². The van der Waals surface area contributed by atoms with E-state index in [1.165, 1.54) is 6.42 Å².